The Kier molecular flexibility index (Phi) is 9.16. The predicted octanol–water partition coefficient (Wildman–Crippen LogP) is 5.34. The molecule has 1 unspecified atom stereocenters. The molecule has 0 heterocycles. The molecule has 0 aliphatic heterocycles. The smallest absolute Gasteiger partial charge is 0.263 e. The maximum atomic E-state index is 13.5. The zero-order valence-corrected chi connectivity index (χ0v) is 20.1. The fourth-order valence-corrected chi connectivity index (χ4v) is 4.46. The summed E-state index contributed by atoms with van der Waals surface area (Å²) in [6.07, 6.45) is 7.85. The number of carbonyl (C=O) groups excluding carboxylic acids is 2. The quantitative estimate of drug-likeness (QED) is 0.479. The Labute approximate surface area is 197 Å². The molecule has 178 valence electrons. The minimum atomic E-state index is -0.578. The van der Waals surface area contributed by atoms with Crippen LogP contribution in [0.2, 0.25) is 0 Å². The van der Waals surface area contributed by atoms with Crippen LogP contribution in [0.25, 0.3) is 0 Å². The van der Waals surface area contributed by atoms with Crippen LogP contribution in [0.4, 0.5) is 5.69 Å². The van der Waals surface area contributed by atoms with E-state index in [0.717, 1.165) is 23.4 Å². The van der Waals surface area contributed by atoms with Gasteiger partial charge in [-0.2, -0.15) is 0 Å². The van der Waals surface area contributed by atoms with Crippen molar-refractivity contribution in [2.75, 3.05) is 19.1 Å². The summed E-state index contributed by atoms with van der Waals surface area (Å²) < 4.78 is 5.21. The third-order valence-corrected chi connectivity index (χ3v) is 6.41. The van der Waals surface area contributed by atoms with E-state index < -0.39 is 6.04 Å². The van der Waals surface area contributed by atoms with E-state index in [-0.39, 0.29) is 11.8 Å². The summed E-state index contributed by atoms with van der Waals surface area (Å²) in [7, 11) is 1.62. The largest absolute Gasteiger partial charge is 0.497 e. The van der Waals surface area contributed by atoms with Crippen molar-refractivity contribution < 1.29 is 14.3 Å². The first-order chi connectivity index (χ1) is 16.0. The van der Waals surface area contributed by atoms with Gasteiger partial charge in [-0.15, -0.1) is 0 Å². The molecule has 6 nitrogen and oxygen atoms in total. The Balaban J connectivity index is 1.72. The first-order valence-electron chi connectivity index (χ1n) is 12.1. The Morgan fingerprint density at radius 1 is 1.09 bits per heavy atom. The average Bonchev–Trinajstić information content (AvgIpc) is 2.85. The number of rotatable bonds is 10. The minimum Gasteiger partial charge on any atom is -0.497 e. The van der Waals surface area contributed by atoms with Crippen LogP contribution >= 0.6 is 0 Å². The second-order valence-corrected chi connectivity index (χ2v) is 8.90. The number of amides is 2. The van der Waals surface area contributed by atoms with Gasteiger partial charge in [-0.3, -0.25) is 20.0 Å². The van der Waals surface area contributed by atoms with Crippen LogP contribution < -0.4 is 15.5 Å². The van der Waals surface area contributed by atoms with Crippen LogP contribution in [0.5, 0.6) is 5.75 Å². The van der Waals surface area contributed by atoms with Crippen molar-refractivity contribution in [3.05, 3.63) is 59.7 Å². The van der Waals surface area contributed by atoms with Crippen molar-refractivity contribution in [1.82, 2.24) is 10.3 Å². The van der Waals surface area contributed by atoms with Crippen LogP contribution in [-0.2, 0) is 4.79 Å². The highest BCUT2D eigenvalue weighted by Gasteiger charge is 2.27. The topological polar surface area (TPSA) is 70.7 Å². The van der Waals surface area contributed by atoms with E-state index in [2.05, 4.69) is 10.7 Å². The first kappa shape index (κ1) is 24.6. The summed E-state index contributed by atoms with van der Waals surface area (Å²) >= 11 is 0. The van der Waals surface area contributed by atoms with Crippen LogP contribution in [0.3, 0.4) is 0 Å². The van der Waals surface area contributed by atoms with Gasteiger partial charge in [0.1, 0.15) is 11.8 Å². The predicted molar refractivity (Wildman–Crippen MR) is 132 cm³/mol. The van der Waals surface area contributed by atoms with Gasteiger partial charge in [0.05, 0.1) is 12.8 Å². The van der Waals surface area contributed by atoms with Gasteiger partial charge in [0, 0.05) is 12.1 Å². The van der Waals surface area contributed by atoms with E-state index >= 15 is 0 Å². The van der Waals surface area contributed by atoms with Crippen molar-refractivity contribution in [2.45, 2.75) is 64.8 Å². The fraction of sp³-hybridized carbons (Fsp3) is 0.481. The molecule has 6 heteroatoms. The lowest BCUT2D eigenvalue weighted by Crippen LogP contribution is -2.50. The Bertz CT molecular complexity index is 907. The summed E-state index contributed by atoms with van der Waals surface area (Å²) in [5, 5.41) is 4.62. The molecule has 2 aromatic carbocycles. The van der Waals surface area contributed by atoms with E-state index in [4.69, 9.17) is 4.74 Å². The number of benzene rings is 2. The van der Waals surface area contributed by atoms with Gasteiger partial charge < -0.3 is 10.1 Å². The number of hydrogen-bond donors (Lipinski definition) is 2. The second kappa shape index (κ2) is 12.3. The maximum absolute atomic E-state index is 13.5. The lowest BCUT2D eigenvalue weighted by Gasteiger charge is -2.29. The average molecular weight is 452 g/mol. The molecule has 2 amide bonds. The number of anilines is 1. The Hall–Kier alpha value is -3.02. The number of nitrogens with zero attached hydrogens (tertiary/aromatic N) is 1. The van der Waals surface area contributed by atoms with Gasteiger partial charge in [0.15, 0.2) is 0 Å². The van der Waals surface area contributed by atoms with E-state index in [9.17, 15) is 9.59 Å². The number of methoxy groups -OCH3 is 1. The van der Waals surface area contributed by atoms with Gasteiger partial charge in [-0.05, 0) is 69.0 Å². The van der Waals surface area contributed by atoms with Crippen LogP contribution in [0, 0.1) is 12.8 Å². The van der Waals surface area contributed by atoms with Gasteiger partial charge in [0.2, 0.25) is 0 Å². The van der Waals surface area contributed by atoms with Gasteiger partial charge in [0.25, 0.3) is 11.8 Å². The van der Waals surface area contributed by atoms with Crippen molar-refractivity contribution >= 4 is 17.5 Å². The minimum absolute atomic E-state index is 0.120. The number of ether oxygens (including phenoxy) is 1. The Morgan fingerprint density at radius 2 is 1.82 bits per heavy atom. The number of hydrazine groups is 1. The standard InChI is InChI=1S/C27H37N3O3/c1-4-30(29-23-14-16-24(33-3)17-15-23)27(32)25(18-13-21-10-6-5-7-11-21)28-26(31)22-12-8-9-20(2)19-22/h8-9,12,14-17,19,21,25,29H,4-7,10-11,13,18H2,1-3H3,(H,28,31). The number of aryl methyl sites for hydroxylation is 1. The molecule has 1 fully saturated rings. The van der Waals surface area contributed by atoms with Crippen molar-refractivity contribution in [3.8, 4) is 5.75 Å². The third kappa shape index (κ3) is 7.24. The van der Waals surface area contributed by atoms with Crippen molar-refractivity contribution in [1.29, 1.82) is 0 Å². The molecular formula is C27H37N3O3. The molecule has 2 aromatic rings. The zero-order valence-electron chi connectivity index (χ0n) is 20.1. The molecule has 1 saturated carbocycles. The number of hydrogen-bond acceptors (Lipinski definition) is 4. The summed E-state index contributed by atoms with van der Waals surface area (Å²) in [5.41, 5.74) is 5.59. The maximum Gasteiger partial charge on any atom is 0.263 e. The molecule has 0 saturated heterocycles. The van der Waals surface area contributed by atoms with Crippen molar-refractivity contribution in [2.24, 2.45) is 5.92 Å². The molecule has 1 atom stereocenters. The molecule has 0 radical (unpaired) electrons. The number of nitrogens with one attached hydrogen (secondary N) is 2. The molecule has 0 spiro atoms. The Morgan fingerprint density at radius 3 is 2.45 bits per heavy atom. The van der Waals surface area contributed by atoms with Crippen LogP contribution in [0.15, 0.2) is 48.5 Å². The monoisotopic (exact) mass is 451 g/mol. The van der Waals surface area contributed by atoms with Crippen LogP contribution in [-0.4, -0.2) is 36.5 Å². The van der Waals surface area contributed by atoms with E-state index in [1.54, 1.807) is 18.2 Å². The summed E-state index contributed by atoms with van der Waals surface area (Å²) in [4.78, 5) is 26.5. The molecule has 0 aromatic heterocycles. The SMILES string of the molecule is CCN(Nc1ccc(OC)cc1)C(=O)C(CCC1CCCCC1)NC(=O)c1cccc(C)c1. The van der Waals surface area contributed by atoms with Gasteiger partial charge in [-0.1, -0.05) is 49.8 Å². The van der Waals surface area contributed by atoms with Gasteiger partial charge in [-0.25, -0.2) is 0 Å². The normalized spacial score (nSPS) is 14.9. The molecular weight excluding hydrogens is 414 g/mol. The lowest BCUT2D eigenvalue weighted by molar-refractivity contribution is -0.132. The highest BCUT2D eigenvalue weighted by Crippen LogP contribution is 2.28. The van der Waals surface area contributed by atoms with Crippen molar-refractivity contribution in [3.63, 3.8) is 0 Å². The summed E-state index contributed by atoms with van der Waals surface area (Å²) in [6, 6.07) is 14.3. The zero-order chi connectivity index (χ0) is 23.6. The van der Waals surface area contributed by atoms with Crippen LogP contribution in [0.1, 0.15) is 67.8 Å². The van der Waals surface area contributed by atoms with Gasteiger partial charge >= 0.3 is 0 Å². The third-order valence-electron chi connectivity index (χ3n) is 6.41. The number of carbonyl (C=O) groups is 2. The first-order valence-corrected chi connectivity index (χ1v) is 12.1. The second-order valence-electron chi connectivity index (χ2n) is 8.90. The van der Waals surface area contributed by atoms with E-state index in [1.807, 2.05) is 56.3 Å². The van der Waals surface area contributed by atoms with E-state index in [0.29, 0.717) is 24.4 Å². The lowest BCUT2D eigenvalue weighted by atomic mass is 9.85. The number of likely N-dealkylation sites (N-methyl/N-ethyl adjacent to an activating group) is 1. The molecule has 1 aliphatic rings. The molecule has 3 rings (SSSR count). The highest BCUT2D eigenvalue weighted by atomic mass is 16.5. The summed E-state index contributed by atoms with van der Waals surface area (Å²) in [5.74, 6) is 1.06. The molecule has 33 heavy (non-hydrogen) atoms. The molecule has 1 aliphatic carbocycles. The van der Waals surface area contributed by atoms with E-state index in [1.165, 1.54) is 32.1 Å². The highest BCUT2D eigenvalue weighted by molar-refractivity contribution is 5.97. The fourth-order valence-electron chi connectivity index (χ4n) is 4.46. The molecule has 0 bridgehead atoms. The molecule has 2 N–H and O–H groups in total. The summed E-state index contributed by atoms with van der Waals surface area (Å²) in [6.45, 7) is 4.36.